The molecule has 0 saturated carbocycles. The Morgan fingerprint density at radius 2 is 1.83 bits per heavy atom. The van der Waals surface area contributed by atoms with Gasteiger partial charge in [-0.25, -0.2) is 4.79 Å². The summed E-state index contributed by atoms with van der Waals surface area (Å²) in [5.74, 6) is 0.0316. The van der Waals surface area contributed by atoms with Crippen LogP contribution in [0.4, 0.5) is 0 Å². The SMILES string of the molecule is O=C(COc1ccc(Br)cc1)OCc1cc2ccccc2[nH]c1=O. The third-order valence-corrected chi connectivity index (χ3v) is 3.92. The summed E-state index contributed by atoms with van der Waals surface area (Å²) in [5, 5.41) is 0.884. The lowest BCUT2D eigenvalue weighted by Crippen LogP contribution is -2.18. The first-order valence-corrected chi connectivity index (χ1v) is 8.06. The molecular weight excluding hydrogens is 374 g/mol. The van der Waals surface area contributed by atoms with E-state index in [1.807, 2.05) is 36.4 Å². The van der Waals surface area contributed by atoms with Gasteiger partial charge in [-0.2, -0.15) is 0 Å². The lowest BCUT2D eigenvalue weighted by Gasteiger charge is -2.07. The lowest BCUT2D eigenvalue weighted by molar-refractivity contribution is -0.147. The molecule has 0 bridgehead atoms. The predicted molar refractivity (Wildman–Crippen MR) is 94.0 cm³/mol. The van der Waals surface area contributed by atoms with Gasteiger partial charge in [-0.05, 0) is 41.8 Å². The highest BCUT2D eigenvalue weighted by atomic mass is 79.9. The second-order valence-electron chi connectivity index (χ2n) is 5.11. The molecule has 5 nitrogen and oxygen atoms in total. The molecule has 0 amide bonds. The fourth-order valence-corrected chi connectivity index (χ4v) is 2.44. The van der Waals surface area contributed by atoms with Gasteiger partial charge in [0.05, 0.1) is 5.56 Å². The molecule has 0 aliphatic rings. The maximum atomic E-state index is 12.0. The number of fused-ring (bicyclic) bond motifs is 1. The molecule has 2 aromatic carbocycles. The number of carbonyl (C=O) groups is 1. The van der Waals surface area contributed by atoms with E-state index in [1.54, 1.807) is 18.2 Å². The number of halogens is 1. The van der Waals surface area contributed by atoms with E-state index in [1.165, 1.54) is 0 Å². The number of H-pyrrole nitrogens is 1. The van der Waals surface area contributed by atoms with Gasteiger partial charge in [0.25, 0.3) is 5.56 Å². The molecule has 122 valence electrons. The van der Waals surface area contributed by atoms with Gasteiger partial charge in [0, 0.05) is 9.99 Å². The van der Waals surface area contributed by atoms with E-state index in [0.29, 0.717) is 11.3 Å². The summed E-state index contributed by atoms with van der Waals surface area (Å²) >= 11 is 3.32. The molecule has 0 aliphatic heterocycles. The van der Waals surface area contributed by atoms with Crippen molar-refractivity contribution in [3.63, 3.8) is 0 Å². The number of pyridine rings is 1. The molecule has 0 atom stereocenters. The summed E-state index contributed by atoms with van der Waals surface area (Å²) < 4.78 is 11.4. The van der Waals surface area contributed by atoms with Crippen LogP contribution in [0.2, 0.25) is 0 Å². The number of carbonyl (C=O) groups excluding carboxylic acids is 1. The van der Waals surface area contributed by atoms with Crippen molar-refractivity contribution in [2.45, 2.75) is 6.61 Å². The average Bonchev–Trinajstić information content (AvgIpc) is 2.59. The minimum atomic E-state index is -0.537. The van der Waals surface area contributed by atoms with Crippen molar-refractivity contribution < 1.29 is 14.3 Å². The summed E-state index contributed by atoms with van der Waals surface area (Å²) in [5.41, 5.74) is 0.872. The predicted octanol–water partition coefficient (Wildman–Crippen LogP) is 3.41. The molecule has 0 aliphatic carbocycles. The van der Waals surface area contributed by atoms with Gasteiger partial charge in [-0.15, -0.1) is 0 Å². The zero-order valence-electron chi connectivity index (χ0n) is 12.6. The van der Waals surface area contributed by atoms with Gasteiger partial charge in [0.1, 0.15) is 12.4 Å². The quantitative estimate of drug-likeness (QED) is 0.681. The van der Waals surface area contributed by atoms with Crippen molar-refractivity contribution in [2.75, 3.05) is 6.61 Å². The van der Waals surface area contributed by atoms with Crippen molar-refractivity contribution in [3.8, 4) is 5.75 Å². The van der Waals surface area contributed by atoms with E-state index in [4.69, 9.17) is 9.47 Å². The standard InChI is InChI=1S/C18H14BrNO4/c19-14-5-7-15(8-6-14)23-11-17(21)24-10-13-9-12-3-1-2-4-16(12)20-18(13)22/h1-9H,10-11H2,(H,20,22). The number of esters is 1. The Bertz CT molecular complexity index is 918. The number of benzene rings is 2. The second-order valence-corrected chi connectivity index (χ2v) is 6.03. The molecule has 6 heteroatoms. The van der Waals surface area contributed by atoms with E-state index in [2.05, 4.69) is 20.9 Å². The Balaban J connectivity index is 1.59. The molecule has 0 fully saturated rings. The van der Waals surface area contributed by atoms with Gasteiger partial charge < -0.3 is 14.5 Å². The number of aromatic nitrogens is 1. The minimum Gasteiger partial charge on any atom is -0.482 e. The summed E-state index contributed by atoms with van der Waals surface area (Å²) in [4.78, 5) is 26.5. The van der Waals surface area contributed by atoms with Crippen molar-refractivity contribution in [1.82, 2.24) is 4.98 Å². The van der Waals surface area contributed by atoms with Crippen LogP contribution in [0.3, 0.4) is 0 Å². The molecule has 0 spiro atoms. The van der Waals surface area contributed by atoms with Crippen molar-refractivity contribution in [1.29, 1.82) is 0 Å². The summed E-state index contributed by atoms with van der Waals surface area (Å²) in [6.45, 7) is -0.310. The van der Waals surface area contributed by atoms with Crippen molar-refractivity contribution in [3.05, 3.63) is 75.0 Å². The summed E-state index contributed by atoms with van der Waals surface area (Å²) in [6, 6.07) is 16.3. The third kappa shape index (κ3) is 4.02. The smallest absolute Gasteiger partial charge is 0.344 e. The van der Waals surface area contributed by atoms with Gasteiger partial charge >= 0.3 is 5.97 Å². The monoisotopic (exact) mass is 387 g/mol. The molecule has 0 unspecified atom stereocenters. The number of nitrogens with one attached hydrogen (secondary N) is 1. The Hall–Kier alpha value is -2.60. The normalized spacial score (nSPS) is 10.5. The topological polar surface area (TPSA) is 68.4 Å². The van der Waals surface area contributed by atoms with Gasteiger partial charge in [0.15, 0.2) is 6.61 Å². The van der Waals surface area contributed by atoms with Crippen molar-refractivity contribution in [2.24, 2.45) is 0 Å². The summed E-state index contributed by atoms with van der Waals surface area (Å²) in [7, 11) is 0. The maximum Gasteiger partial charge on any atom is 0.344 e. The third-order valence-electron chi connectivity index (χ3n) is 3.39. The van der Waals surface area contributed by atoms with Crippen molar-refractivity contribution >= 4 is 32.8 Å². The fraction of sp³-hybridized carbons (Fsp3) is 0.111. The maximum absolute atomic E-state index is 12.0. The van der Waals surface area contributed by atoms with Gasteiger partial charge in [-0.3, -0.25) is 4.79 Å². The van der Waals surface area contributed by atoms with Crippen LogP contribution in [0.1, 0.15) is 5.56 Å². The molecule has 1 heterocycles. The number of ether oxygens (including phenoxy) is 2. The van der Waals surface area contributed by atoms with Crippen LogP contribution in [-0.4, -0.2) is 17.6 Å². The number of rotatable bonds is 5. The first kappa shape index (κ1) is 16.3. The van der Waals surface area contributed by atoms with Crippen LogP contribution in [0.25, 0.3) is 10.9 Å². The number of aromatic amines is 1. The molecule has 24 heavy (non-hydrogen) atoms. The Morgan fingerprint density at radius 3 is 2.62 bits per heavy atom. The van der Waals surface area contributed by atoms with Crippen LogP contribution in [0.5, 0.6) is 5.75 Å². The van der Waals surface area contributed by atoms with Crippen LogP contribution in [0, 0.1) is 0 Å². The highest BCUT2D eigenvalue weighted by Crippen LogP contribution is 2.16. The summed E-state index contributed by atoms with van der Waals surface area (Å²) in [6.07, 6.45) is 0. The molecule has 3 rings (SSSR count). The molecule has 0 radical (unpaired) electrons. The lowest BCUT2D eigenvalue weighted by atomic mass is 10.2. The van der Waals surface area contributed by atoms with Crippen LogP contribution in [0.15, 0.2) is 63.9 Å². The highest BCUT2D eigenvalue weighted by Gasteiger charge is 2.08. The minimum absolute atomic E-state index is 0.0945. The average molecular weight is 388 g/mol. The van der Waals surface area contributed by atoms with Crippen LogP contribution in [-0.2, 0) is 16.1 Å². The second kappa shape index (κ2) is 7.31. The zero-order chi connectivity index (χ0) is 16.9. The molecule has 1 aromatic heterocycles. The Kier molecular flexibility index (Phi) is 4.96. The zero-order valence-corrected chi connectivity index (χ0v) is 14.2. The molecule has 0 saturated heterocycles. The molecular formula is C18H14BrNO4. The Morgan fingerprint density at radius 1 is 1.08 bits per heavy atom. The van der Waals surface area contributed by atoms with E-state index in [-0.39, 0.29) is 18.8 Å². The van der Waals surface area contributed by atoms with E-state index < -0.39 is 5.97 Å². The first-order chi connectivity index (χ1) is 11.6. The van der Waals surface area contributed by atoms with E-state index in [9.17, 15) is 9.59 Å². The Labute approximate surface area is 146 Å². The van der Waals surface area contributed by atoms with Gasteiger partial charge in [0.2, 0.25) is 0 Å². The highest BCUT2D eigenvalue weighted by molar-refractivity contribution is 9.10. The van der Waals surface area contributed by atoms with E-state index >= 15 is 0 Å². The number of para-hydroxylation sites is 1. The number of hydrogen-bond acceptors (Lipinski definition) is 4. The first-order valence-electron chi connectivity index (χ1n) is 7.27. The fourth-order valence-electron chi connectivity index (χ4n) is 2.17. The van der Waals surface area contributed by atoms with Crippen LogP contribution >= 0.6 is 15.9 Å². The largest absolute Gasteiger partial charge is 0.482 e. The van der Waals surface area contributed by atoms with Gasteiger partial charge in [-0.1, -0.05) is 34.1 Å². The van der Waals surface area contributed by atoms with E-state index in [0.717, 1.165) is 15.4 Å². The number of hydrogen-bond donors (Lipinski definition) is 1. The van der Waals surface area contributed by atoms with Crippen LogP contribution < -0.4 is 10.3 Å². The molecule has 1 N–H and O–H groups in total. The molecule has 3 aromatic rings.